The topological polar surface area (TPSA) is 70.2 Å². The molecule has 3 N–H and O–H groups in total. The van der Waals surface area contributed by atoms with Gasteiger partial charge < -0.3 is 16.0 Å². The molecule has 0 fully saturated rings. The molecule has 2 aromatic carbocycles. The number of benzene rings is 2. The molecule has 0 aliphatic rings. The van der Waals surface area contributed by atoms with Gasteiger partial charge in [0.25, 0.3) is 0 Å². The fourth-order valence-corrected chi connectivity index (χ4v) is 2.70. The Morgan fingerprint density at radius 2 is 1.73 bits per heavy atom. The van der Waals surface area contributed by atoms with Crippen LogP contribution in [0, 0.1) is 5.92 Å². The van der Waals surface area contributed by atoms with Gasteiger partial charge in [-0.2, -0.15) is 0 Å². The van der Waals surface area contributed by atoms with E-state index in [0.29, 0.717) is 6.54 Å². The summed E-state index contributed by atoms with van der Waals surface area (Å²) in [7, 11) is 0. The molecule has 1 unspecified atom stereocenters. The van der Waals surface area contributed by atoms with Gasteiger partial charge in [0.1, 0.15) is 0 Å². The van der Waals surface area contributed by atoms with Crippen molar-refractivity contribution in [3.8, 4) is 0 Å². The number of amides is 3. The standard InChI is InChI=1S/C20H24BrN3O2/c1-13(2)19(25)24-18-9-7-15(8-10-18)12-22-20(26)23-14(3)16-5-4-6-17(21)11-16/h4-11,13-14H,12H2,1-3H3,(H,24,25)(H2,22,23,26). The first-order valence-corrected chi connectivity index (χ1v) is 9.34. The Kier molecular flexibility index (Phi) is 7.21. The Balaban J connectivity index is 1.82. The third-order valence-corrected chi connectivity index (χ3v) is 4.39. The molecular formula is C20H24BrN3O2. The van der Waals surface area contributed by atoms with Crippen LogP contribution in [0.25, 0.3) is 0 Å². The van der Waals surface area contributed by atoms with Gasteiger partial charge in [0.2, 0.25) is 5.91 Å². The highest BCUT2D eigenvalue weighted by Crippen LogP contribution is 2.17. The molecule has 0 heterocycles. The number of anilines is 1. The minimum Gasteiger partial charge on any atom is -0.334 e. The van der Waals surface area contributed by atoms with E-state index in [2.05, 4.69) is 31.9 Å². The van der Waals surface area contributed by atoms with Crippen LogP contribution in [0.15, 0.2) is 53.0 Å². The lowest BCUT2D eigenvalue weighted by molar-refractivity contribution is -0.118. The molecule has 0 saturated carbocycles. The van der Waals surface area contributed by atoms with E-state index in [9.17, 15) is 9.59 Å². The van der Waals surface area contributed by atoms with Crippen molar-refractivity contribution in [2.24, 2.45) is 5.92 Å². The zero-order valence-corrected chi connectivity index (χ0v) is 16.8. The van der Waals surface area contributed by atoms with E-state index in [1.54, 1.807) is 0 Å². The fraction of sp³-hybridized carbons (Fsp3) is 0.300. The van der Waals surface area contributed by atoms with Crippen molar-refractivity contribution in [1.29, 1.82) is 0 Å². The quantitative estimate of drug-likeness (QED) is 0.642. The Morgan fingerprint density at radius 3 is 2.35 bits per heavy atom. The highest BCUT2D eigenvalue weighted by Gasteiger charge is 2.10. The SMILES string of the molecule is CC(C)C(=O)Nc1ccc(CNC(=O)NC(C)c2cccc(Br)c2)cc1. The molecule has 26 heavy (non-hydrogen) atoms. The van der Waals surface area contributed by atoms with Gasteiger partial charge in [-0.05, 0) is 42.3 Å². The molecule has 6 heteroatoms. The molecule has 0 aliphatic heterocycles. The Labute approximate surface area is 162 Å². The van der Waals surface area contributed by atoms with Crippen LogP contribution in [0.2, 0.25) is 0 Å². The van der Waals surface area contributed by atoms with Gasteiger partial charge in [-0.25, -0.2) is 4.79 Å². The Hall–Kier alpha value is -2.34. The summed E-state index contributed by atoms with van der Waals surface area (Å²) in [5.74, 6) is -0.0796. The lowest BCUT2D eigenvalue weighted by atomic mass is 10.1. The molecule has 138 valence electrons. The van der Waals surface area contributed by atoms with E-state index < -0.39 is 0 Å². The number of hydrogen-bond acceptors (Lipinski definition) is 2. The lowest BCUT2D eigenvalue weighted by Gasteiger charge is -2.15. The van der Waals surface area contributed by atoms with Crippen molar-refractivity contribution in [2.45, 2.75) is 33.4 Å². The molecule has 2 rings (SSSR count). The minimum atomic E-state index is -0.227. The molecule has 5 nitrogen and oxygen atoms in total. The van der Waals surface area contributed by atoms with E-state index in [-0.39, 0.29) is 23.9 Å². The molecule has 0 spiro atoms. The largest absolute Gasteiger partial charge is 0.334 e. The highest BCUT2D eigenvalue weighted by atomic mass is 79.9. The van der Waals surface area contributed by atoms with Crippen LogP contribution in [0.3, 0.4) is 0 Å². The number of hydrogen-bond donors (Lipinski definition) is 3. The van der Waals surface area contributed by atoms with Crippen molar-refractivity contribution in [3.63, 3.8) is 0 Å². The number of rotatable bonds is 6. The second-order valence-corrected chi connectivity index (χ2v) is 7.36. The molecule has 0 bridgehead atoms. The third kappa shape index (κ3) is 6.19. The summed E-state index contributed by atoms with van der Waals surface area (Å²) in [6, 6.07) is 14.9. The maximum Gasteiger partial charge on any atom is 0.315 e. The summed E-state index contributed by atoms with van der Waals surface area (Å²) in [4.78, 5) is 23.8. The number of carbonyl (C=O) groups excluding carboxylic acids is 2. The third-order valence-electron chi connectivity index (χ3n) is 3.90. The van der Waals surface area contributed by atoms with Crippen LogP contribution in [0.5, 0.6) is 0 Å². The van der Waals surface area contributed by atoms with E-state index in [0.717, 1.165) is 21.3 Å². The summed E-state index contributed by atoms with van der Waals surface area (Å²) < 4.78 is 0.980. The monoisotopic (exact) mass is 417 g/mol. The average molecular weight is 418 g/mol. The summed E-state index contributed by atoms with van der Waals surface area (Å²) >= 11 is 3.43. The summed E-state index contributed by atoms with van der Waals surface area (Å²) in [5.41, 5.74) is 2.73. The van der Waals surface area contributed by atoms with Crippen LogP contribution < -0.4 is 16.0 Å². The van der Waals surface area contributed by atoms with E-state index in [1.807, 2.05) is 69.3 Å². The van der Waals surface area contributed by atoms with E-state index in [4.69, 9.17) is 0 Å². The van der Waals surface area contributed by atoms with Crippen molar-refractivity contribution in [3.05, 3.63) is 64.1 Å². The van der Waals surface area contributed by atoms with Gasteiger partial charge in [-0.3, -0.25) is 4.79 Å². The second-order valence-electron chi connectivity index (χ2n) is 6.44. The molecule has 2 aromatic rings. The Morgan fingerprint density at radius 1 is 1.04 bits per heavy atom. The fourth-order valence-electron chi connectivity index (χ4n) is 2.28. The summed E-state index contributed by atoms with van der Waals surface area (Å²) in [6.07, 6.45) is 0. The van der Waals surface area contributed by atoms with Crippen LogP contribution in [-0.4, -0.2) is 11.9 Å². The van der Waals surface area contributed by atoms with Crippen LogP contribution in [-0.2, 0) is 11.3 Å². The number of halogens is 1. The predicted molar refractivity (Wildman–Crippen MR) is 108 cm³/mol. The van der Waals surface area contributed by atoms with Gasteiger partial charge in [-0.1, -0.05) is 54.0 Å². The van der Waals surface area contributed by atoms with Gasteiger partial charge in [0.15, 0.2) is 0 Å². The van der Waals surface area contributed by atoms with Crippen LogP contribution >= 0.6 is 15.9 Å². The summed E-state index contributed by atoms with van der Waals surface area (Å²) in [6.45, 7) is 6.05. The van der Waals surface area contributed by atoms with Crippen LogP contribution in [0.1, 0.15) is 37.9 Å². The first-order chi connectivity index (χ1) is 12.3. The van der Waals surface area contributed by atoms with E-state index >= 15 is 0 Å². The molecule has 1 atom stereocenters. The lowest BCUT2D eigenvalue weighted by Crippen LogP contribution is -2.36. The number of urea groups is 1. The minimum absolute atomic E-state index is 0.0169. The van der Waals surface area contributed by atoms with Crippen molar-refractivity contribution >= 4 is 33.6 Å². The van der Waals surface area contributed by atoms with Crippen molar-refractivity contribution in [1.82, 2.24) is 10.6 Å². The molecule has 3 amide bonds. The molecule has 0 radical (unpaired) electrons. The number of nitrogens with one attached hydrogen (secondary N) is 3. The molecular weight excluding hydrogens is 394 g/mol. The van der Waals surface area contributed by atoms with Gasteiger partial charge in [0.05, 0.1) is 6.04 Å². The van der Waals surface area contributed by atoms with Crippen LogP contribution in [0.4, 0.5) is 10.5 Å². The summed E-state index contributed by atoms with van der Waals surface area (Å²) in [5, 5.41) is 8.60. The van der Waals surface area contributed by atoms with Gasteiger partial charge >= 0.3 is 6.03 Å². The maximum absolute atomic E-state index is 12.1. The predicted octanol–water partition coefficient (Wildman–Crippen LogP) is 4.60. The highest BCUT2D eigenvalue weighted by molar-refractivity contribution is 9.10. The zero-order chi connectivity index (χ0) is 19.1. The Bertz CT molecular complexity index is 760. The molecule has 0 aromatic heterocycles. The average Bonchev–Trinajstić information content (AvgIpc) is 2.61. The second kappa shape index (κ2) is 9.38. The number of carbonyl (C=O) groups is 2. The van der Waals surface area contributed by atoms with Gasteiger partial charge in [-0.15, -0.1) is 0 Å². The van der Waals surface area contributed by atoms with Crippen molar-refractivity contribution in [2.75, 3.05) is 5.32 Å². The smallest absolute Gasteiger partial charge is 0.315 e. The normalized spacial score (nSPS) is 11.7. The van der Waals surface area contributed by atoms with Crippen molar-refractivity contribution < 1.29 is 9.59 Å². The van der Waals surface area contributed by atoms with E-state index in [1.165, 1.54) is 0 Å². The molecule has 0 aliphatic carbocycles. The van der Waals surface area contributed by atoms with Gasteiger partial charge in [0, 0.05) is 22.6 Å². The zero-order valence-electron chi connectivity index (χ0n) is 15.2. The molecule has 0 saturated heterocycles. The first-order valence-electron chi connectivity index (χ1n) is 8.55. The maximum atomic E-state index is 12.1. The first kappa shape index (κ1) is 20.0.